The highest BCUT2D eigenvalue weighted by atomic mass is 16.5. The van der Waals surface area contributed by atoms with E-state index in [1.807, 2.05) is 48.5 Å². The van der Waals surface area contributed by atoms with Crippen LogP contribution in [0.5, 0.6) is 11.5 Å². The molecule has 0 amide bonds. The minimum atomic E-state index is 0.813. The summed E-state index contributed by atoms with van der Waals surface area (Å²) in [4.78, 5) is 4.37. The number of benzene rings is 2. The summed E-state index contributed by atoms with van der Waals surface area (Å²) in [6.07, 6.45) is 1.79. The minimum Gasteiger partial charge on any atom is -0.497 e. The molecule has 0 saturated heterocycles. The van der Waals surface area contributed by atoms with Crippen LogP contribution in [0.4, 0.5) is 11.4 Å². The third-order valence-corrected chi connectivity index (χ3v) is 3.32. The molecule has 106 valence electrons. The average molecular weight is 280 g/mol. The van der Waals surface area contributed by atoms with E-state index in [0.717, 1.165) is 33.8 Å². The van der Waals surface area contributed by atoms with Gasteiger partial charge in [0.1, 0.15) is 11.5 Å². The van der Waals surface area contributed by atoms with E-state index in [1.165, 1.54) is 0 Å². The van der Waals surface area contributed by atoms with Crippen LogP contribution in [0.3, 0.4) is 0 Å². The van der Waals surface area contributed by atoms with Crippen LogP contribution in [0.25, 0.3) is 10.9 Å². The lowest BCUT2D eigenvalue weighted by atomic mass is 10.1. The molecule has 3 rings (SSSR count). The lowest BCUT2D eigenvalue weighted by molar-refractivity contribution is 0.415. The highest BCUT2D eigenvalue weighted by molar-refractivity contribution is 5.93. The number of rotatable bonds is 4. The van der Waals surface area contributed by atoms with E-state index >= 15 is 0 Å². The number of anilines is 2. The Morgan fingerprint density at radius 3 is 2.29 bits per heavy atom. The number of hydrogen-bond acceptors (Lipinski definition) is 4. The SMILES string of the molecule is COc1ccc(Nc2ccnc3ccc(OC)cc23)cc1. The Balaban J connectivity index is 1.98. The molecule has 0 spiro atoms. The van der Waals surface area contributed by atoms with E-state index in [0.29, 0.717) is 0 Å². The fourth-order valence-electron chi connectivity index (χ4n) is 2.19. The van der Waals surface area contributed by atoms with Crippen LogP contribution in [0.2, 0.25) is 0 Å². The molecule has 1 heterocycles. The zero-order chi connectivity index (χ0) is 14.7. The molecule has 0 unspecified atom stereocenters. The first-order chi connectivity index (χ1) is 10.3. The second-order valence-electron chi connectivity index (χ2n) is 4.60. The number of nitrogens with one attached hydrogen (secondary N) is 1. The molecule has 0 atom stereocenters. The zero-order valence-corrected chi connectivity index (χ0v) is 12.0. The quantitative estimate of drug-likeness (QED) is 0.784. The van der Waals surface area contributed by atoms with Crippen molar-refractivity contribution >= 4 is 22.3 Å². The molecular weight excluding hydrogens is 264 g/mol. The Morgan fingerprint density at radius 2 is 1.57 bits per heavy atom. The van der Waals surface area contributed by atoms with Gasteiger partial charge in [-0.05, 0) is 48.5 Å². The van der Waals surface area contributed by atoms with Crippen molar-refractivity contribution in [1.82, 2.24) is 4.98 Å². The summed E-state index contributed by atoms with van der Waals surface area (Å²) in [5, 5.41) is 4.42. The number of nitrogens with zero attached hydrogens (tertiary/aromatic N) is 1. The zero-order valence-electron chi connectivity index (χ0n) is 12.0. The second-order valence-corrected chi connectivity index (χ2v) is 4.60. The lowest BCUT2D eigenvalue weighted by Gasteiger charge is -2.11. The van der Waals surface area contributed by atoms with Gasteiger partial charge in [0.15, 0.2) is 0 Å². The Hall–Kier alpha value is -2.75. The Bertz CT molecular complexity index is 754. The molecule has 1 aromatic heterocycles. The molecule has 0 saturated carbocycles. The maximum absolute atomic E-state index is 5.29. The predicted octanol–water partition coefficient (Wildman–Crippen LogP) is 4.00. The molecule has 0 aliphatic carbocycles. The molecular formula is C17H16N2O2. The largest absolute Gasteiger partial charge is 0.497 e. The van der Waals surface area contributed by atoms with Gasteiger partial charge in [0.25, 0.3) is 0 Å². The predicted molar refractivity (Wildman–Crippen MR) is 84.6 cm³/mol. The molecule has 0 fully saturated rings. The molecule has 0 aliphatic rings. The van der Waals surface area contributed by atoms with Gasteiger partial charge >= 0.3 is 0 Å². The first-order valence-corrected chi connectivity index (χ1v) is 6.64. The summed E-state index contributed by atoms with van der Waals surface area (Å²) < 4.78 is 10.5. The molecule has 0 radical (unpaired) electrons. The minimum absolute atomic E-state index is 0.813. The van der Waals surface area contributed by atoms with E-state index in [4.69, 9.17) is 9.47 Å². The van der Waals surface area contributed by atoms with Crippen molar-refractivity contribution in [3.63, 3.8) is 0 Å². The number of hydrogen-bond donors (Lipinski definition) is 1. The molecule has 0 bridgehead atoms. The van der Waals surface area contributed by atoms with Crippen LogP contribution in [-0.2, 0) is 0 Å². The number of fused-ring (bicyclic) bond motifs is 1. The fraction of sp³-hybridized carbons (Fsp3) is 0.118. The summed E-state index contributed by atoms with van der Waals surface area (Å²) in [7, 11) is 3.32. The fourth-order valence-corrected chi connectivity index (χ4v) is 2.19. The molecule has 2 aromatic carbocycles. The van der Waals surface area contributed by atoms with Crippen LogP contribution in [0.15, 0.2) is 54.7 Å². The summed E-state index contributed by atoms with van der Waals surface area (Å²) in [6, 6.07) is 15.6. The molecule has 3 aromatic rings. The Labute approximate surface area is 123 Å². The highest BCUT2D eigenvalue weighted by Crippen LogP contribution is 2.28. The third kappa shape index (κ3) is 2.74. The number of ether oxygens (including phenoxy) is 2. The maximum atomic E-state index is 5.29. The van der Waals surface area contributed by atoms with E-state index in [9.17, 15) is 0 Å². The molecule has 4 heteroatoms. The van der Waals surface area contributed by atoms with Gasteiger partial charge in [0.05, 0.1) is 19.7 Å². The monoisotopic (exact) mass is 280 g/mol. The summed E-state index contributed by atoms with van der Waals surface area (Å²) in [6.45, 7) is 0. The Morgan fingerprint density at radius 1 is 0.857 bits per heavy atom. The number of pyridine rings is 1. The van der Waals surface area contributed by atoms with Crippen LogP contribution in [0, 0.1) is 0 Å². The van der Waals surface area contributed by atoms with Gasteiger partial charge < -0.3 is 14.8 Å². The van der Waals surface area contributed by atoms with Gasteiger partial charge in [0, 0.05) is 23.0 Å². The van der Waals surface area contributed by atoms with Gasteiger partial charge in [-0.15, -0.1) is 0 Å². The van der Waals surface area contributed by atoms with E-state index in [-0.39, 0.29) is 0 Å². The second kappa shape index (κ2) is 5.71. The first-order valence-electron chi connectivity index (χ1n) is 6.64. The number of methoxy groups -OCH3 is 2. The highest BCUT2D eigenvalue weighted by Gasteiger charge is 2.04. The van der Waals surface area contributed by atoms with Crippen molar-refractivity contribution in [3.05, 3.63) is 54.7 Å². The summed E-state index contributed by atoms with van der Waals surface area (Å²) in [5.41, 5.74) is 2.91. The van der Waals surface area contributed by atoms with E-state index in [2.05, 4.69) is 10.3 Å². The van der Waals surface area contributed by atoms with Crippen LogP contribution < -0.4 is 14.8 Å². The third-order valence-electron chi connectivity index (χ3n) is 3.32. The average Bonchev–Trinajstić information content (AvgIpc) is 2.55. The maximum Gasteiger partial charge on any atom is 0.119 e. The van der Waals surface area contributed by atoms with Crippen molar-refractivity contribution in [2.75, 3.05) is 19.5 Å². The molecule has 21 heavy (non-hydrogen) atoms. The standard InChI is InChI=1S/C17H16N2O2/c1-20-13-5-3-12(4-6-13)19-17-9-10-18-16-8-7-14(21-2)11-15(16)17/h3-11H,1-2H3,(H,18,19). The van der Waals surface area contributed by atoms with Gasteiger partial charge in [-0.2, -0.15) is 0 Å². The van der Waals surface area contributed by atoms with Gasteiger partial charge in [-0.1, -0.05) is 0 Å². The van der Waals surface area contributed by atoms with Crippen LogP contribution in [0.1, 0.15) is 0 Å². The smallest absolute Gasteiger partial charge is 0.119 e. The van der Waals surface area contributed by atoms with Crippen molar-refractivity contribution in [2.24, 2.45) is 0 Å². The van der Waals surface area contributed by atoms with E-state index < -0.39 is 0 Å². The normalized spacial score (nSPS) is 10.4. The lowest BCUT2D eigenvalue weighted by Crippen LogP contribution is -1.93. The summed E-state index contributed by atoms with van der Waals surface area (Å²) in [5.74, 6) is 1.65. The molecule has 0 aliphatic heterocycles. The van der Waals surface area contributed by atoms with Crippen molar-refractivity contribution < 1.29 is 9.47 Å². The van der Waals surface area contributed by atoms with Gasteiger partial charge in [0.2, 0.25) is 0 Å². The Kier molecular flexibility index (Phi) is 3.60. The van der Waals surface area contributed by atoms with E-state index in [1.54, 1.807) is 20.4 Å². The first kappa shape index (κ1) is 13.2. The molecule has 4 nitrogen and oxygen atoms in total. The topological polar surface area (TPSA) is 43.4 Å². The van der Waals surface area contributed by atoms with Crippen LogP contribution in [-0.4, -0.2) is 19.2 Å². The number of aromatic nitrogens is 1. The molecule has 1 N–H and O–H groups in total. The van der Waals surface area contributed by atoms with Gasteiger partial charge in [-0.3, -0.25) is 4.98 Å². The summed E-state index contributed by atoms with van der Waals surface area (Å²) >= 11 is 0. The van der Waals surface area contributed by atoms with Crippen molar-refractivity contribution in [3.8, 4) is 11.5 Å². The van der Waals surface area contributed by atoms with Crippen molar-refractivity contribution in [1.29, 1.82) is 0 Å². The van der Waals surface area contributed by atoms with Gasteiger partial charge in [-0.25, -0.2) is 0 Å². The van der Waals surface area contributed by atoms with Crippen LogP contribution >= 0.6 is 0 Å². The van der Waals surface area contributed by atoms with Crippen molar-refractivity contribution in [2.45, 2.75) is 0 Å².